The van der Waals surface area contributed by atoms with E-state index in [0.29, 0.717) is 45.9 Å². The van der Waals surface area contributed by atoms with Crippen LogP contribution in [0.15, 0.2) is 24.3 Å². The Morgan fingerprint density at radius 2 is 1.92 bits per heavy atom. The average molecular weight is 334 g/mol. The van der Waals surface area contributed by atoms with Crippen LogP contribution in [0.4, 0.5) is 0 Å². The van der Waals surface area contributed by atoms with Gasteiger partial charge in [0, 0.05) is 19.6 Å². The van der Waals surface area contributed by atoms with Gasteiger partial charge in [-0.25, -0.2) is 0 Å². The van der Waals surface area contributed by atoms with E-state index in [-0.39, 0.29) is 11.8 Å². The SMILES string of the molecule is Cc1ccccc1CCNC(=O)C[NH+](C)CC(=O)N1CCOCC1. The summed E-state index contributed by atoms with van der Waals surface area (Å²) in [6.07, 6.45) is 0.824. The van der Waals surface area contributed by atoms with E-state index in [4.69, 9.17) is 4.74 Å². The Kier molecular flexibility index (Phi) is 7.21. The number of quaternary nitrogens is 1. The number of carbonyl (C=O) groups excluding carboxylic acids is 2. The maximum Gasteiger partial charge on any atom is 0.277 e. The van der Waals surface area contributed by atoms with Gasteiger partial charge in [0.1, 0.15) is 0 Å². The Morgan fingerprint density at radius 1 is 1.21 bits per heavy atom. The van der Waals surface area contributed by atoms with E-state index in [1.165, 1.54) is 11.1 Å². The number of hydrogen-bond acceptors (Lipinski definition) is 3. The molecule has 2 N–H and O–H groups in total. The van der Waals surface area contributed by atoms with Gasteiger partial charge in [-0.05, 0) is 24.5 Å². The monoisotopic (exact) mass is 334 g/mol. The van der Waals surface area contributed by atoms with Gasteiger partial charge < -0.3 is 19.9 Å². The highest BCUT2D eigenvalue weighted by atomic mass is 16.5. The third-order valence-corrected chi connectivity index (χ3v) is 4.26. The number of ether oxygens (including phenoxy) is 1. The fourth-order valence-corrected chi connectivity index (χ4v) is 2.81. The van der Waals surface area contributed by atoms with E-state index in [9.17, 15) is 9.59 Å². The molecular weight excluding hydrogens is 306 g/mol. The molecule has 0 saturated carbocycles. The molecule has 1 saturated heterocycles. The van der Waals surface area contributed by atoms with Gasteiger partial charge in [0.15, 0.2) is 13.1 Å². The van der Waals surface area contributed by atoms with E-state index in [1.807, 2.05) is 24.1 Å². The summed E-state index contributed by atoms with van der Waals surface area (Å²) in [6, 6.07) is 8.19. The molecule has 1 unspecified atom stereocenters. The summed E-state index contributed by atoms with van der Waals surface area (Å²) < 4.78 is 5.24. The Balaban J connectivity index is 1.66. The van der Waals surface area contributed by atoms with Crippen molar-refractivity contribution >= 4 is 11.8 Å². The number of aryl methyl sites for hydroxylation is 1. The number of morpholine rings is 1. The minimum absolute atomic E-state index is 0.0177. The number of amides is 2. The average Bonchev–Trinajstić information content (AvgIpc) is 2.57. The maximum atomic E-state index is 12.1. The van der Waals surface area contributed by atoms with Crippen LogP contribution in [-0.4, -0.2) is 69.7 Å². The first-order chi connectivity index (χ1) is 11.6. The fraction of sp³-hybridized carbons (Fsp3) is 0.556. The van der Waals surface area contributed by atoms with Crippen molar-refractivity contribution in [2.75, 3.05) is 53.0 Å². The second-order valence-electron chi connectivity index (χ2n) is 6.33. The molecule has 0 spiro atoms. The van der Waals surface area contributed by atoms with Crippen LogP contribution in [0.5, 0.6) is 0 Å². The van der Waals surface area contributed by atoms with Gasteiger partial charge in [-0.15, -0.1) is 0 Å². The van der Waals surface area contributed by atoms with Crippen molar-refractivity contribution in [2.45, 2.75) is 13.3 Å². The summed E-state index contributed by atoms with van der Waals surface area (Å²) in [7, 11) is 1.87. The van der Waals surface area contributed by atoms with Crippen LogP contribution in [-0.2, 0) is 20.7 Å². The van der Waals surface area contributed by atoms with Crippen molar-refractivity contribution in [3.63, 3.8) is 0 Å². The number of benzene rings is 1. The van der Waals surface area contributed by atoms with Gasteiger partial charge in [-0.3, -0.25) is 9.59 Å². The lowest BCUT2D eigenvalue weighted by Crippen LogP contribution is -3.11. The molecule has 1 fully saturated rings. The lowest BCUT2D eigenvalue weighted by molar-refractivity contribution is -0.863. The van der Waals surface area contributed by atoms with E-state index >= 15 is 0 Å². The highest BCUT2D eigenvalue weighted by Gasteiger charge is 2.21. The third kappa shape index (κ3) is 5.94. The molecule has 1 aliphatic rings. The standard InChI is InChI=1S/C18H27N3O3/c1-15-5-3-4-6-16(15)7-8-19-17(22)13-20(2)14-18(23)21-9-11-24-12-10-21/h3-6H,7-14H2,1-2H3,(H,19,22)/p+1. The van der Waals surface area contributed by atoms with E-state index < -0.39 is 0 Å². The van der Waals surface area contributed by atoms with E-state index in [1.54, 1.807) is 0 Å². The molecule has 132 valence electrons. The summed E-state index contributed by atoms with van der Waals surface area (Å²) in [5, 5.41) is 2.94. The van der Waals surface area contributed by atoms with Crippen LogP contribution in [0.2, 0.25) is 0 Å². The quantitative estimate of drug-likeness (QED) is 0.674. The number of hydrogen-bond donors (Lipinski definition) is 2. The second-order valence-corrected chi connectivity index (χ2v) is 6.33. The highest BCUT2D eigenvalue weighted by molar-refractivity contribution is 5.79. The van der Waals surface area contributed by atoms with Crippen molar-refractivity contribution in [1.29, 1.82) is 0 Å². The van der Waals surface area contributed by atoms with Gasteiger partial charge >= 0.3 is 0 Å². The second kappa shape index (κ2) is 9.39. The molecule has 0 bridgehead atoms. The largest absolute Gasteiger partial charge is 0.378 e. The predicted molar refractivity (Wildman–Crippen MR) is 91.9 cm³/mol. The van der Waals surface area contributed by atoms with Crippen LogP contribution < -0.4 is 10.2 Å². The minimum atomic E-state index is -0.0177. The molecule has 24 heavy (non-hydrogen) atoms. The number of rotatable bonds is 7. The fourth-order valence-electron chi connectivity index (χ4n) is 2.81. The van der Waals surface area contributed by atoms with Crippen molar-refractivity contribution in [3.05, 3.63) is 35.4 Å². The lowest BCUT2D eigenvalue weighted by Gasteiger charge is -2.27. The van der Waals surface area contributed by atoms with E-state index in [0.717, 1.165) is 11.3 Å². The van der Waals surface area contributed by atoms with Gasteiger partial charge in [-0.2, -0.15) is 0 Å². The molecule has 1 aromatic carbocycles. The van der Waals surface area contributed by atoms with Crippen molar-refractivity contribution in [1.82, 2.24) is 10.2 Å². The zero-order valence-corrected chi connectivity index (χ0v) is 14.6. The predicted octanol–water partition coefficient (Wildman–Crippen LogP) is -0.973. The first kappa shape index (κ1) is 18.4. The minimum Gasteiger partial charge on any atom is -0.378 e. The van der Waals surface area contributed by atoms with Gasteiger partial charge in [0.25, 0.3) is 11.8 Å². The smallest absolute Gasteiger partial charge is 0.277 e. The van der Waals surface area contributed by atoms with Gasteiger partial charge in [-0.1, -0.05) is 24.3 Å². The Morgan fingerprint density at radius 3 is 2.62 bits per heavy atom. The van der Waals surface area contributed by atoms with Crippen molar-refractivity contribution in [2.24, 2.45) is 0 Å². The maximum absolute atomic E-state index is 12.1. The first-order valence-corrected chi connectivity index (χ1v) is 8.54. The summed E-state index contributed by atoms with van der Waals surface area (Å²) in [4.78, 5) is 26.9. The first-order valence-electron chi connectivity index (χ1n) is 8.54. The van der Waals surface area contributed by atoms with E-state index in [2.05, 4.69) is 24.4 Å². The summed E-state index contributed by atoms with van der Waals surface area (Å²) in [5.41, 5.74) is 2.49. The Labute approximate surface area is 143 Å². The van der Waals surface area contributed by atoms with Crippen molar-refractivity contribution < 1.29 is 19.2 Å². The molecule has 1 atom stereocenters. The topological polar surface area (TPSA) is 63.1 Å². The molecule has 1 aromatic rings. The number of nitrogens with zero attached hydrogens (tertiary/aromatic N) is 1. The summed E-state index contributed by atoms with van der Waals surface area (Å²) >= 11 is 0. The molecular formula is C18H28N3O3+. The Hall–Kier alpha value is -1.92. The van der Waals surface area contributed by atoms with Crippen LogP contribution in [0.3, 0.4) is 0 Å². The van der Waals surface area contributed by atoms with Gasteiger partial charge in [0.05, 0.1) is 20.3 Å². The third-order valence-electron chi connectivity index (χ3n) is 4.26. The van der Waals surface area contributed by atoms with Crippen LogP contribution in [0.1, 0.15) is 11.1 Å². The number of nitrogens with one attached hydrogen (secondary N) is 2. The number of carbonyl (C=O) groups is 2. The molecule has 1 aliphatic heterocycles. The molecule has 2 amide bonds. The molecule has 6 nitrogen and oxygen atoms in total. The lowest BCUT2D eigenvalue weighted by atomic mass is 10.1. The molecule has 2 rings (SSSR count). The normalized spacial score (nSPS) is 15.8. The number of likely N-dealkylation sites (N-methyl/N-ethyl adjacent to an activating group) is 1. The molecule has 6 heteroatoms. The molecule has 0 radical (unpaired) electrons. The zero-order chi connectivity index (χ0) is 17.4. The summed E-state index contributed by atoms with van der Waals surface area (Å²) in [5.74, 6) is 0.0689. The molecule has 0 aromatic heterocycles. The Bertz CT molecular complexity index is 556. The van der Waals surface area contributed by atoms with Crippen molar-refractivity contribution in [3.8, 4) is 0 Å². The van der Waals surface area contributed by atoms with Crippen LogP contribution >= 0.6 is 0 Å². The van der Waals surface area contributed by atoms with Crippen LogP contribution in [0.25, 0.3) is 0 Å². The van der Waals surface area contributed by atoms with Gasteiger partial charge in [0.2, 0.25) is 0 Å². The highest BCUT2D eigenvalue weighted by Crippen LogP contribution is 2.06. The molecule has 0 aliphatic carbocycles. The van der Waals surface area contributed by atoms with Crippen LogP contribution in [0, 0.1) is 6.92 Å². The summed E-state index contributed by atoms with van der Waals surface area (Å²) in [6.45, 7) is 5.84. The zero-order valence-electron chi connectivity index (χ0n) is 14.6. The molecule has 1 heterocycles.